The van der Waals surface area contributed by atoms with Crippen LogP contribution in [0.4, 0.5) is 0 Å². The van der Waals surface area contributed by atoms with Crippen molar-refractivity contribution in [3.05, 3.63) is 70.2 Å². The van der Waals surface area contributed by atoms with E-state index in [4.69, 9.17) is 17.3 Å². The molecule has 0 spiro atoms. The van der Waals surface area contributed by atoms with Crippen LogP contribution in [0.1, 0.15) is 48.3 Å². The zero-order valence-corrected chi connectivity index (χ0v) is 13.2. The smallest absolute Gasteiger partial charge is 0.0438 e. The Hall–Kier alpha value is -1.31. The van der Waals surface area contributed by atoms with Gasteiger partial charge in [0.25, 0.3) is 0 Å². The number of nitrogens with two attached hydrogens (primary N) is 1. The first-order valence-electron chi connectivity index (χ1n) is 7.69. The Labute approximate surface area is 132 Å². The quantitative estimate of drug-likeness (QED) is 0.814. The lowest BCUT2D eigenvalue weighted by Crippen LogP contribution is -2.40. The molecule has 2 heteroatoms. The summed E-state index contributed by atoms with van der Waals surface area (Å²) in [5.41, 5.74) is 10.2. The third-order valence-electron chi connectivity index (χ3n) is 4.90. The Morgan fingerprint density at radius 1 is 1.05 bits per heavy atom. The summed E-state index contributed by atoms with van der Waals surface area (Å²) in [4.78, 5) is 0. The largest absolute Gasteiger partial charge is 0.321 e. The highest BCUT2D eigenvalue weighted by Gasteiger charge is 2.33. The van der Waals surface area contributed by atoms with E-state index in [-0.39, 0.29) is 5.54 Å². The second-order valence-corrected chi connectivity index (χ2v) is 6.71. The molecule has 21 heavy (non-hydrogen) atoms. The van der Waals surface area contributed by atoms with Gasteiger partial charge in [0.15, 0.2) is 0 Å². The predicted molar refractivity (Wildman–Crippen MR) is 89.7 cm³/mol. The van der Waals surface area contributed by atoms with E-state index in [0.717, 1.165) is 36.3 Å². The molecule has 0 atom stereocenters. The second-order valence-electron chi connectivity index (χ2n) is 6.31. The van der Waals surface area contributed by atoms with Crippen LogP contribution in [0.5, 0.6) is 0 Å². The molecule has 0 heterocycles. The molecule has 0 radical (unpaired) electrons. The molecule has 0 aliphatic heterocycles. The van der Waals surface area contributed by atoms with Gasteiger partial charge in [0.2, 0.25) is 0 Å². The summed E-state index contributed by atoms with van der Waals surface area (Å²) in [6.07, 6.45) is 4.33. The molecule has 0 unspecified atom stereocenters. The maximum atomic E-state index is 6.68. The van der Waals surface area contributed by atoms with Crippen LogP contribution in [0.25, 0.3) is 0 Å². The Bertz CT molecular complexity index is 613. The predicted octanol–water partition coefficient (Wildman–Crippen LogP) is 5.16. The minimum absolute atomic E-state index is 0.220. The lowest BCUT2D eigenvalue weighted by Gasteiger charge is -2.38. The fourth-order valence-electron chi connectivity index (χ4n) is 3.38. The number of benzene rings is 2. The maximum Gasteiger partial charge on any atom is 0.0438 e. The van der Waals surface area contributed by atoms with Crippen LogP contribution in [0.3, 0.4) is 0 Å². The van der Waals surface area contributed by atoms with E-state index in [2.05, 4.69) is 48.5 Å². The minimum atomic E-state index is -0.220. The Morgan fingerprint density at radius 3 is 2.33 bits per heavy atom. The molecule has 3 rings (SSSR count). The van der Waals surface area contributed by atoms with E-state index in [1.54, 1.807) is 0 Å². The maximum absolute atomic E-state index is 6.68. The van der Waals surface area contributed by atoms with Gasteiger partial charge in [0.1, 0.15) is 0 Å². The summed E-state index contributed by atoms with van der Waals surface area (Å²) < 4.78 is 0. The summed E-state index contributed by atoms with van der Waals surface area (Å²) >= 11 is 6.26. The van der Waals surface area contributed by atoms with Gasteiger partial charge in [-0.05, 0) is 61.3 Å². The molecule has 1 aliphatic carbocycles. The van der Waals surface area contributed by atoms with Crippen LogP contribution in [-0.2, 0) is 5.54 Å². The zero-order chi connectivity index (χ0) is 14.9. The van der Waals surface area contributed by atoms with Crippen LogP contribution in [-0.4, -0.2) is 0 Å². The molecular formula is C19H22ClN. The van der Waals surface area contributed by atoms with Gasteiger partial charge < -0.3 is 5.73 Å². The van der Waals surface area contributed by atoms with Crippen LogP contribution in [0.15, 0.2) is 48.5 Å². The van der Waals surface area contributed by atoms with E-state index in [1.807, 2.05) is 6.92 Å². The molecule has 2 N–H and O–H groups in total. The Morgan fingerprint density at radius 2 is 1.71 bits per heavy atom. The number of hydrogen-bond donors (Lipinski definition) is 1. The Kier molecular flexibility index (Phi) is 4.05. The summed E-state index contributed by atoms with van der Waals surface area (Å²) in [7, 11) is 0. The lowest BCUT2D eigenvalue weighted by molar-refractivity contribution is 0.277. The van der Waals surface area contributed by atoms with Crippen molar-refractivity contribution in [3.63, 3.8) is 0 Å². The summed E-state index contributed by atoms with van der Waals surface area (Å²) in [5, 5.41) is 0.822. The highest BCUT2D eigenvalue weighted by Crippen LogP contribution is 2.42. The number of aryl methyl sites for hydroxylation is 1. The minimum Gasteiger partial charge on any atom is -0.321 e. The van der Waals surface area contributed by atoms with Gasteiger partial charge in [0, 0.05) is 10.6 Å². The molecule has 1 saturated carbocycles. The van der Waals surface area contributed by atoms with Crippen molar-refractivity contribution in [2.24, 2.45) is 5.73 Å². The number of hydrogen-bond acceptors (Lipinski definition) is 1. The van der Waals surface area contributed by atoms with E-state index in [0.29, 0.717) is 5.92 Å². The third-order valence-corrected chi connectivity index (χ3v) is 5.30. The third kappa shape index (κ3) is 3.00. The summed E-state index contributed by atoms with van der Waals surface area (Å²) in [6.45, 7) is 2.03. The van der Waals surface area contributed by atoms with Crippen molar-refractivity contribution >= 4 is 11.6 Å². The van der Waals surface area contributed by atoms with Gasteiger partial charge in [-0.15, -0.1) is 0 Å². The van der Waals surface area contributed by atoms with Crippen molar-refractivity contribution in [1.82, 2.24) is 0 Å². The van der Waals surface area contributed by atoms with E-state index in [1.165, 1.54) is 11.1 Å². The fourth-order valence-corrected chi connectivity index (χ4v) is 3.56. The lowest BCUT2D eigenvalue weighted by atomic mass is 9.71. The highest BCUT2D eigenvalue weighted by molar-refractivity contribution is 6.31. The molecule has 0 saturated heterocycles. The first kappa shape index (κ1) is 14.6. The molecule has 1 aliphatic rings. The van der Waals surface area contributed by atoms with Gasteiger partial charge in [-0.2, -0.15) is 0 Å². The van der Waals surface area contributed by atoms with Crippen molar-refractivity contribution in [2.75, 3.05) is 0 Å². The van der Waals surface area contributed by atoms with Gasteiger partial charge in [0.05, 0.1) is 0 Å². The molecule has 2 aromatic carbocycles. The monoisotopic (exact) mass is 299 g/mol. The Balaban J connectivity index is 1.76. The first-order chi connectivity index (χ1) is 10.1. The van der Waals surface area contributed by atoms with Crippen LogP contribution in [0, 0.1) is 6.92 Å². The molecule has 0 bridgehead atoms. The molecule has 1 nitrogen and oxygen atoms in total. The molecule has 110 valence electrons. The fraction of sp³-hybridized carbons (Fsp3) is 0.368. The zero-order valence-electron chi connectivity index (χ0n) is 12.5. The van der Waals surface area contributed by atoms with Crippen molar-refractivity contribution in [3.8, 4) is 0 Å². The molecular weight excluding hydrogens is 278 g/mol. The average molecular weight is 300 g/mol. The van der Waals surface area contributed by atoms with Crippen LogP contribution < -0.4 is 5.73 Å². The summed E-state index contributed by atoms with van der Waals surface area (Å²) in [5.74, 6) is 0.642. The van der Waals surface area contributed by atoms with E-state index >= 15 is 0 Å². The molecule has 0 amide bonds. The van der Waals surface area contributed by atoms with Gasteiger partial charge >= 0.3 is 0 Å². The molecule has 2 aromatic rings. The van der Waals surface area contributed by atoms with Crippen molar-refractivity contribution < 1.29 is 0 Å². The summed E-state index contributed by atoms with van der Waals surface area (Å²) in [6, 6.07) is 17.1. The van der Waals surface area contributed by atoms with E-state index < -0.39 is 0 Å². The van der Waals surface area contributed by atoms with Crippen LogP contribution in [0.2, 0.25) is 5.02 Å². The van der Waals surface area contributed by atoms with Gasteiger partial charge in [-0.25, -0.2) is 0 Å². The van der Waals surface area contributed by atoms with Crippen LogP contribution >= 0.6 is 11.6 Å². The second kappa shape index (κ2) is 5.82. The van der Waals surface area contributed by atoms with E-state index in [9.17, 15) is 0 Å². The standard InChI is InChI=1S/C19H22ClN/c1-14-7-8-17(13-18(14)20)19(21)11-9-16(10-12-19)15-5-3-2-4-6-15/h2-8,13,16H,9-12,21H2,1H3. The number of rotatable bonds is 2. The average Bonchev–Trinajstić information content (AvgIpc) is 2.51. The number of halogens is 1. The van der Waals surface area contributed by atoms with Gasteiger partial charge in [-0.3, -0.25) is 0 Å². The SMILES string of the molecule is Cc1ccc(C2(N)CCC(c3ccccc3)CC2)cc1Cl. The van der Waals surface area contributed by atoms with Crippen molar-refractivity contribution in [1.29, 1.82) is 0 Å². The normalized spacial score (nSPS) is 25.8. The van der Waals surface area contributed by atoms with Crippen molar-refractivity contribution in [2.45, 2.75) is 44.1 Å². The molecule has 1 fully saturated rings. The molecule has 0 aromatic heterocycles. The van der Waals surface area contributed by atoms with Gasteiger partial charge in [-0.1, -0.05) is 54.1 Å². The highest BCUT2D eigenvalue weighted by atomic mass is 35.5. The topological polar surface area (TPSA) is 26.0 Å². The first-order valence-corrected chi connectivity index (χ1v) is 8.07.